The molecule has 4 nitrogen and oxygen atoms in total. The molecule has 0 N–H and O–H groups in total. The van der Waals surface area contributed by atoms with Crippen molar-refractivity contribution in [1.29, 1.82) is 0 Å². The fourth-order valence-electron chi connectivity index (χ4n) is 1.21. The third kappa shape index (κ3) is 2.34. The van der Waals surface area contributed by atoms with Crippen LogP contribution < -0.4 is 0 Å². The van der Waals surface area contributed by atoms with Crippen LogP contribution in [0.15, 0.2) is 28.9 Å². The minimum absolute atomic E-state index is 0.328. The maximum Gasteiger partial charge on any atom is 0.156 e. The lowest BCUT2D eigenvalue weighted by atomic mass is 10.3. The summed E-state index contributed by atoms with van der Waals surface area (Å²) < 4.78 is 10.2. The fraction of sp³-hybridized carbons (Fsp3) is 0.200. The normalized spacial score (nSPS) is 10.5. The van der Waals surface area contributed by atoms with Gasteiger partial charge in [0.25, 0.3) is 0 Å². The average molecular weight is 225 g/mol. The van der Waals surface area contributed by atoms with E-state index in [0.29, 0.717) is 29.0 Å². The Morgan fingerprint density at radius 1 is 1.47 bits per heavy atom. The molecule has 0 aromatic carbocycles. The van der Waals surface area contributed by atoms with Crippen LogP contribution in [-0.2, 0) is 11.3 Å². The largest absolute Gasteiger partial charge is 0.463 e. The Balaban J connectivity index is 2.40. The van der Waals surface area contributed by atoms with Crippen LogP contribution in [0.4, 0.5) is 0 Å². The maximum absolute atomic E-state index is 5.85. The van der Waals surface area contributed by atoms with Crippen molar-refractivity contribution < 1.29 is 9.15 Å². The maximum atomic E-state index is 5.85. The van der Waals surface area contributed by atoms with Gasteiger partial charge >= 0.3 is 0 Å². The molecule has 0 aliphatic carbocycles. The van der Waals surface area contributed by atoms with Gasteiger partial charge in [-0.25, -0.2) is 9.97 Å². The average Bonchev–Trinajstić information content (AvgIpc) is 2.70. The first-order chi connectivity index (χ1) is 7.29. The molecule has 2 rings (SSSR count). The lowest BCUT2D eigenvalue weighted by Gasteiger charge is -2.01. The number of aromatic nitrogens is 2. The van der Waals surface area contributed by atoms with E-state index in [0.717, 1.165) is 0 Å². The molecule has 5 heteroatoms. The molecule has 0 aliphatic rings. The lowest BCUT2D eigenvalue weighted by Crippen LogP contribution is -1.98. The van der Waals surface area contributed by atoms with Crippen LogP contribution in [0.5, 0.6) is 0 Å². The van der Waals surface area contributed by atoms with Crippen LogP contribution >= 0.6 is 11.6 Å². The highest BCUT2D eigenvalue weighted by Crippen LogP contribution is 2.20. The summed E-state index contributed by atoms with van der Waals surface area (Å²) in [6.07, 6.45) is 1.58. The van der Waals surface area contributed by atoms with Crippen molar-refractivity contribution in [2.75, 3.05) is 7.11 Å². The van der Waals surface area contributed by atoms with Crippen molar-refractivity contribution in [2.45, 2.75) is 6.61 Å². The zero-order chi connectivity index (χ0) is 10.7. The Morgan fingerprint density at radius 3 is 3.00 bits per heavy atom. The molecule has 0 saturated heterocycles. The smallest absolute Gasteiger partial charge is 0.156 e. The first-order valence-electron chi connectivity index (χ1n) is 4.36. The van der Waals surface area contributed by atoms with E-state index < -0.39 is 0 Å². The molecule has 0 amide bonds. The molecule has 78 valence electrons. The predicted octanol–water partition coefficient (Wildman–Crippen LogP) is 2.54. The van der Waals surface area contributed by atoms with Crippen LogP contribution in [0.25, 0.3) is 11.5 Å². The van der Waals surface area contributed by atoms with E-state index in [-0.39, 0.29) is 0 Å². The van der Waals surface area contributed by atoms with Gasteiger partial charge in [-0.15, -0.1) is 0 Å². The van der Waals surface area contributed by atoms with Crippen molar-refractivity contribution in [1.82, 2.24) is 9.97 Å². The van der Waals surface area contributed by atoms with Gasteiger partial charge in [0.15, 0.2) is 11.6 Å². The summed E-state index contributed by atoms with van der Waals surface area (Å²) in [6.45, 7) is 0.328. The summed E-state index contributed by atoms with van der Waals surface area (Å²) in [5, 5.41) is 0.378. The Labute approximate surface area is 91.9 Å². The number of furan rings is 1. The summed E-state index contributed by atoms with van der Waals surface area (Å²) in [4.78, 5) is 8.27. The van der Waals surface area contributed by atoms with Crippen molar-refractivity contribution in [3.8, 4) is 11.5 Å². The molecule has 0 unspecified atom stereocenters. The van der Waals surface area contributed by atoms with Crippen molar-refractivity contribution in [3.63, 3.8) is 0 Å². The number of halogens is 1. The molecule has 15 heavy (non-hydrogen) atoms. The summed E-state index contributed by atoms with van der Waals surface area (Å²) in [6, 6.07) is 5.26. The molecule has 0 atom stereocenters. The van der Waals surface area contributed by atoms with E-state index in [1.54, 1.807) is 25.5 Å². The van der Waals surface area contributed by atoms with Gasteiger partial charge in [-0.2, -0.15) is 0 Å². The minimum atomic E-state index is 0.328. The number of ether oxygens (including phenoxy) is 1. The highest BCUT2D eigenvalue weighted by molar-refractivity contribution is 6.29. The summed E-state index contributed by atoms with van der Waals surface area (Å²) >= 11 is 5.85. The monoisotopic (exact) mass is 224 g/mol. The second-order valence-corrected chi connectivity index (χ2v) is 3.29. The van der Waals surface area contributed by atoms with Gasteiger partial charge in [-0.3, -0.25) is 0 Å². The second-order valence-electron chi connectivity index (χ2n) is 2.90. The summed E-state index contributed by atoms with van der Waals surface area (Å²) in [5.41, 5.74) is 0.659. The SMILES string of the molecule is COCc1nc(Cl)cc(-c2ccco2)n1. The van der Waals surface area contributed by atoms with Crippen LogP contribution in [0.3, 0.4) is 0 Å². The van der Waals surface area contributed by atoms with Gasteiger partial charge in [-0.05, 0) is 12.1 Å². The topological polar surface area (TPSA) is 48.2 Å². The summed E-state index contributed by atoms with van der Waals surface area (Å²) in [5.74, 6) is 1.20. The van der Waals surface area contributed by atoms with Crippen LogP contribution in [0, 0.1) is 0 Å². The number of rotatable bonds is 3. The van der Waals surface area contributed by atoms with Gasteiger partial charge in [0, 0.05) is 13.2 Å². The standard InChI is InChI=1S/C10H9ClN2O2/c1-14-6-10-12-7(5-9(11)13-10)8-3-2-4-15-8/h2-5H,6H2,1H3. The Bertz CT molecular complexity index is 443. The summed E-state index contributed by atoms with van der Waals surface area (Å²) in [7, 11) is 1.58. The molecule has 0 spiro atoms. The molecule has 0 radical (unpaired) electrons. The lowest BCUT2D eigenvalue weighted by molar-refractivity contribution is 0.178. The van der Waals surface area contributed by atoms with Crippen molar-refractivity contribution in [2.24, 2.45) is 0 Å². The molecule has 0 aliphatic heterocycles. The zero-order valence-electron chi connectivity index (χ0n) is 8.11. The van der Waals surface area contributed by atoms with E-state index in [4.69, 9.17) is 20.8 Å². The van der Waals surface area contributed by atoms with Crippen LogP contribution in [0.2, 0.25) is 5.15 Å². The molecule has 0 saturated carbocycles. The molecule has 2 aromatic rings. The van der Waals surface area contributed by atoms with E-state index in [1.807, 2.05) is 6.07 Å². The zero-order valence-corrected chi connectivity index (χ0v) is 8.86. The number of nitrogens with zero attached hydrogens (tertiary/aromatic N) is 2. The third-order valence-corrected chi connectivity index (χ3v) is 1.98. The highest BCUT2D eigenvalue weighted by Gasteiger charge is 2.07. The van der Waals surface area contributed by atoms with Crippen molar-refractivity contribution >= 4 is 11.6 Å². The molecule has 2 heterocycles. The van der Waals surface area contributed by atoms with Gasteiger partial charge in [0.05, 0.1) is 6.26 Å². The Hall–Kier alpha value is -1.39. The van der Waals surface area contributed by atoms with E-state index in [2.05, 4.69) is 9.97 Å². The quantitative estimate of drug-likeness (QED) is 0.752. The van der Waals surface area contributed by atoms with Gasteiger partial charge in [0.2, 0.25) is 0 Å². The van der Waals surface area contributed by atoms with Crippen LogP contribution in [0.1, 0.15) is 5.82 Å². The first-order valence-corrected chi connectivity index (χ1v) is 4.73. The van der Waals surface area contributed by atoms with E-state index in [1.165, 1.54) is 0 Å². The molecular weight excluding hydrogens is 216 g/mol. The predicted molar refractivity (Wildman–Crippen MR) is 55.5 cm³/mol. The highest BCUT2D eigenvalue weighted by atomic mass is 35.5. The Morgan fingerprint density at radius 2 is 2.33 bits per heavy atom. The van der Waals surface area contributed by atoms with E-state index in [9.17, 15) is 0 Å². The van der Waals surface area contributed by atoms with Gasteiger partial charge in [-0.1, -0.05) is 11.6 Å². The minimum Gasteiger partial charge on any atom is -0.463 e. The molecule has 0 fully saturated rings. The first kappa shape index (κ1) is 10.1. The van der Waals surface area contributed by atoms with Gasteiger partial charge in [0.1, 0.15) is 17.5 Å². The van der Waals surface area contributed by atoms with Crippen molar-refractivity contribution in [3.05, 3.63) is 35.4 Å². The number of hydrogen-bond acceptors (Lipinski definition) is 4. The number of methoxy groups -OCH3 is 1. The number of hydrogen-bond donors (Lipinski definition) is 0. The molecule has 2 aromatic heterocycles. The molecular formula is C10H9ClN2O2. The van der Waals surface area contributed by atoms with Gasteiger partial charge < -0.3 is 9.15 Å². The molecule has 0 bridgehead atoms. The third-order valence-electron chi connectivity index (χ3n) is 1.79. The fourth-order valence-corrected chi connectivity index (χ4v) is 1.41. The Kier molecular flexibility index (Phi) is 2.99. The van der Waals surface area contributed by atoms with Crippen LogP contribution in [-0.4, -0.2) is 17.1 Å². The second kappa shape index (κ2) is 4.42. The van der Waals surface area contributed by atoms with E-state index >= 15 is 0 Å².